The Balaban J connectivity index is 2.11. The molecule has 1 aromatic heterocycles. The maximum absolute atomic E-state index is 12.6. The van der Waals surface area contributed by atoms with Gasteiger partial charge in [0.2, 0.25) is 5.91 Å². The molecule has 0 N–H and O–H groups in total. The highest BCUT2D eigenvalue weighted by Gasteiger charge is 2.23. The van der Waals surface area contributed by atoms with Crippen molar-refractivity contribution in [3.05, 3.63) is 36.7 Å². The summed E-state index contributed by atoms with van der Waals surface area (Å²) in [6.07, 6.45) is 1.63. The summed E-state index contributed by atoms with van der Waals surface area (Å²) >= 11 is 1.42. The smallest absolute Gasteiger partial charge is 0.240 e. The lowest BCUT2D eigenvalue weighted by Gasteiger charge is -2.24. The lowest BCUT2D eigenvalue weighted by molar-refractivity contribution is -0.117. The number of hydrogen-bond acceptors (Lipinski definition) is 4. The van der Waals surface area contributed by atoms with E-state index in [1.807, 2.05) is 55.8 Å². The Morgan fingerprint density at radius 3 is 2.65 bits per heavy atom. The molecule has 0 bridgehead atoms. The van der Waals surface area contributed by atoms with Crippen molar-refractivity contribution in [2.75, 3.05) is 11.4 Å². The van der Waals surface area contributed by atoms with Gasteiger partial charge in [0, 0.05) is 19.3 Å². The van der Waals surface area contributed by atoms with Gasteiger partial charge in [-0.15, -0.1) is 10.2 Å². The predicted octanol–water partition coefficient (Wildman–Crippen LogP) is 2.35. The Hall–Kier alpha value is -1.82. The van der Waals surface area contributed by atoms with Gasteiger partial charge in [-0.3, -0.25) is 4.79 Å². The van der Waals surface area contributed by atoms with E-state index in [4.69, 9.17) is 0 Å². The molecule has 0 unspecified atom stereocenters. The highest BCUT2D eigenvalue weighted by molar-refractivity contribution is 8.00. The number of aromatic nitrogens is 3. The van der Waals surface area contributed by atoms with Crippen LogP contribution in [-0.2, 0) is 11.8 Å². The highest BCUT2D eigenvalue weighted by Crippen LogP contribution is 2.24. The number of nitrogens with zero attached hydrogens (tertiary/aromatic N) is 4. The number of para-hydroxylation sites is 1. The second-order valence-electron chi connectivity index (χ2n) is 4.40. The molecule has 20 heavy (non-hydrogen) atoms. The van der Waals surface area contributed by atoms with Crippen LogP contribution in [0.1, 0.15) is 13.8 Å². The van der Waals surface area contributed by atoms with E-state index in [0.717, 1.165) is 10.8 Å². The molecule has 1 amide bonds. The van der Waals surface area contributed by atoms with Crippen molar-refractivity contribution in [1.82, 2.24) is 14.8 Å². The lowest BCUT2D eigenvalue weighted by atomic mass is 10.2. The maximum atomic E-state index is 12.6. The molecule has 0 fully saturated rings. The number of anilines is 1. The van der Waals surface area contributed by atoms with Crippen LogP contribution in [0.2, 0.25) is 0 Å². The SMILES string of the molecule is CCN(C(=O)[C@H](C)Sc1nncn1C)c1ccccc1. The summed E-state index contributed by atoms with van der Waals surface area (Å²) in [6.45, 7) is 4.52. The van der Waals surface area contributed by atoms with E-state index in [9.17, 15) is 4.79 Å². The second kappa shape index (κ2) is 6.56. The van der Waals surface area contributed by atoms with E-state index in [1.165, 1.54) is 11.8 Å². The van der Waals surface area contributed by atoms with Crippen molar-refractivity contribution < 1.29 is 4.79 Å². The van der Waals surface area contributed by atoms with E-state index in [-0.39, 0.29) is 11.2 Å². The minimum atomic E-state index is -0.210. The zero-order valence-corrected chi connectivity index (χ0v) is 12.7. The minimum Gasteiger partial charge on any atom is -0.312 e. The number of amides is 1. The van der Waals surface area contributed by atoms with Crippen molar-refractivity contribution in [3.8, 4) is 0 Å². The third kappa shape index (κ3) is 3.19. The van der Waals surface area contributed by atoms with E-state index in [0.29, 0.717) is 6.54 Å². The molecule has 0 radical (unpaired) electrons. The number of benzene rings is 1. The van der Waals surface area contributed by atoms with Gasteiger partial charge in [-0.2, -0.15) is 0 Å². The quantitative estimate of drug-likeness (QED) is 0.793. The summed E-state index contributed by atoms with van der Waals surface area (Å²) in [7, 11) is 1.87. The van der Waals surface area contributed by atoms with Crippen LogP contribution < -0.4 is 4.90 Å². The Labute approximate surface area is 123 Å². The Bertz CT molecular complexity index is 570. The van der Waals surface area contributed by atoms with E-state index in [1.54, 1.807) is 11.2 Å². The van der Waals surface area contributed by atoms with Gasteiger partial charge in [-0.1, -0.05) is 30.0 Å². The molecular weight excluding hydrogens is 272 g/mol. The first-order chi connectivity index (χ1) is 9.63. The number of hydrogen-bond donors (Lipinski definition) is 0. The van der Waals surface area contributed by atoms with Crippen LogP contribution in [0, 0.1) is 0 Å². The van der Waals surface area contributed by atoms with Gasteiger partial charge >= 0.3 is 0 Å². The summed E-state index contributed by atoms with van der Waals surface area (Å²) < 4.78 is 1.81. The molecule has 106 valence electrons. The van der Waals surface area contributed by atoms with Crippen LogP contribution in [0.25, 0.3) is 0 Å². The molecule has 6 heteroatoms. The first-order valence-electron chi connectivity index (χ1n) is 6.50. The fourth-order valence-electron chi connectivity index (χ4n) is 1.88. The summed E-state index contributed by atoms with van der Waals surface area (Å²) in [5.41, 5.74) is 0.922. The molecule has 0 saturated carbocycles. The van der Waals surface area contributed by atoms with Gasteiger partial charge in [0.15, 0.2) is 5.16 Å². The van der Waals surface area contributed by atoms with E-state index < -0.39 is 0 Å². The van der Waals surface area contributed by atoms with Crippen LogP contribution in [0.4, 0.5) is 5.69 Å². The highest BCUT2D eigenvalue weighted by atomic mass is 32.2. The van der Waals surface area contributed by atoms with Crippen LogP contribution >= 0.6 is 11.8 Å². The maximum Gasteiger partial charge on any atom is 0.240 e. The number of carbonyl (C=O) groups is 1. The molecule has 0 aliphatic rings. The molecule has 5 nitrogen and oxygen atoms in total. The molecule has 0 aliphatic heterocycles. The third-order valence-corrected chi connectivity index (χ3v) is 4.09. The van der Waals surface area contributed by atoms with Crippen molar-refractivity contribution in [3.63, 3.8) is 0 Å². The van der Waals surface area contributed by atoms with Crippen molar-refractivity contribution >= 4 is 23.4 Å². The van der Waals surface area contributed by atoms with Crippen LogP contribution in [0.3, 0.4) is 0 Å². The van der Waals surface area contributed by atoms with Gasteiger partial charge in [0.1, 0.15) is 6.33 Å². The fraction of sp³-hybridized carbons (Fsp3) is 0.357. The van der Waals surface area contributed by atoms with E-state index >= 15 is 0 Å². The molecule has 2 aromatic rings. The first-order valence-corrected chi connectivity index (χ1v) is 7.38. The molecule has 1 atom stereocenters. The summed E-state index contributed by atoms with van der Waals surface area (Å²) in [5, 5.41) is 8.36. The standard InChI is InChI=1S/C14H18N4OS/c1-4-18(12-8-6-5-7-9-12)13(19)11(2)20-14-16-15-10-17(14)3/h5-11H,4H2,1-3H3/t11-/m0/s1. The van der Waals surface area contributed by atoms with Gasteiger partial charge < -0.3 is 9.47 Å². The van der Waals surface area contributed by atoms with Gasteiger partial charge in [-0.25, -0.2) is 0 Å². The number of rotatable bonds is 5. The first kappa shape index (κ1) is 14.6. The third-order valence-electron chi connectivity index (χ3n) is 2.95. The molecule has 1 aromatic carbocycles. The lowest BCUT2D eigenvalue weighted by Crippen LogP contribution is -2.36. The zero-order valence-electron chi connectivity index (χ0n) is 11.9. The second-order valence-corrected chi connectivity index (χ2v) is 5.71. The fourth-order valence-corrected chi connectivity index (χ4v) is 2.73. The van der Waals surface area contributed by atoms with Gasteiger partial charge in [0.25, 0.3) is 0 Å². The normalized spacial score (nSPS) is 12.2. The summed E-state index contributed by atoms with van der Waals surface area (Å²) in [6, 6.07) is 9.71. The van der Waals surface area contributed by atoms with Crippen molar-refractivity contribution in [2.45, 2.75) is 24.3 Å². The summed E-state index contributed by atoms with van der Waals surface area (Å²) in [4.78, 5) is 14.3. The molecule has 1 heterocycles. The molecule has 0 spiro atoms. The Morgan fingerprint density at radius 1 is 1.40 bits per heavy atom. The van der Waals surface area contributed by atoms with Crippen molar-refractivity contribution in [1.29, 1.82) is 0 Å². The Morgan fingerprint density at radius 2 is 2.10 bits per heavy atom. The number of thioether (sulfide) groups is 1. The largest absolute Gasteiger partial charge is 0.312 e. The van der Waals surface area contributed by atoms with Crippen LogP contribution in [0.15, 0.2) is 41.8 Å². The monoisotopic (exact) mass is 290 g/mol. The van der Waals surface area contributed by atoms with Gasteiger partial charge in [0.05, 0.1) is 5.25 Å². The van der Waals surface area contributed by atoms with Crippen molar-refractivity contribution in [2.24, 2.45) is 7.05 Å². The Kier molecular flexibility index (Phi) is 4.79. The average molecular weight is 290 g/mol. The predicted molar refractivity (Wildman–Crippen MR) is 80.8 cm³/mol. The number of carbonyl (C=O) groups excluding carboxylic acids is 1. The topological polar surface area (TPSA) is 51.0 Å². The molecular formula is C14H18N4OS. The van der Waals surface area contributed by atoms with E-state index in [2.05, 4.69) is 10.2 Å². The zero-order chi connectivity index (χ0) is 14.5. The van der Waals surface area contributed by atoms with Crippen LogP contribution in [-0.4, -0.2) is 32.5 Å². The molecule has 0 aliphatic carbocycles. The minimum absolute atomic E-state index is 0.0756. The van der Waals surface area contributed by atoms with Crippen LogP contribution in [0.5, 0.6) is 0 Å². The average Bonchev–Trinajstić information content (AvgIpc) is 2.86. The molecule has 2 rings (SSSR count). The molecule has 0 saturated heterocycles. The van der Waals surface area contributed by atoms with Gasteiger partial charge in [-0.05, 0) is 26.0 Å². The number of aryl methyl sites for hydroxylation is 1. The summed E-state index contributed by atoms with van der Waals surface area (Å²) in [5.74, 6) is 0.0756.